The molecule has 2 heterocycles. The van der Waals surface area contributed by atoms with E-state index in [0.717, 1.165) is 49.1 Å². The molecule has 8 nitrogen and oxygen atoms in total. The average Bonchev–Trinajstić information content (AvgIpc) is 3.19. The van der Waals surface area contributed by atoms with Gasteiger partial charge in [-0.05, 0) is 32.3 Å². The van der Waals surface area contributed by atoms with E-state index in [-0.39, 0.29) is 6.42 Å². The molecule has 0 amide bonds. The molecule has 0 saturated carbocycles. The van der Waals surface area contributed by atoms with Crippen molar-refractivity contribution in [3.8, 4) is 0 Å². The minimum Gasteiger partial charge on any atom is -0.478 e. The zero-order valence-electron chi connectivity index (χ0n) is 18.2. The van der Waals surface area contributed by atoms with Crippen LogP contribution in [0, 0.1) is 0 Å². The molecule has 2 aromatic rings. The number of allylic oxidation sites excluding steroid dienone is 1. The summed E-state index contributed by atoms with van der Waals surface area (Å²) in [5.41, 5.74) is 1.32. The number of carboxylic acids is 1. The lowest BCUT2D eigenvalue weighted by Gasteiger charge is -2.37. The van der Waals surface area contributed by atoms with Crippen molar-refractivity contribution in [2.24, 2.45) is 0 Å². The van der Waals surface area contributed by atoms with Gasteiger partial charge in [0.1, 0.15) is 12.2 Å². The highest BCUT2D eigenvalue weighted by Gasteiger charge is 2.38. The first-order valence-corrected chi connectivity index (χ1v) is 11.1. The number of hydrogen-bond donors (Lipinski definition) is 3. The summed E-state index contributed by atoms with van der Waals surface area (Å²) in [6.07, 6.45) is 6.52. The van der Waals surface area contributed by atoms with Gasteiger partial charge >= 0.3 is 11.9 Å². The fourth-order valence-electron chi connectivity index (χ4n) is 3.77. The first-order valence-electron chi connectivity index (χ1n) is 11.1. The van der Waals surface area contributed by atoms with Gasteiger partial charge in [0, 0.05) is 36.2 Å². The molecule has 32 heavy (non-hydrogen) atoms. The van der Waals surface area contributed by atoms with Gasteiger partial charge in [0.15, 0.2) is 6.29 Å². The van der Waals surface area contributed by atoms with Crippen LogP contribution in [0.1, 0.15) is 55.8 Å². The van der Waals surface area contributed by atoms with Gasteiger partial charge in [-0.15, -0.1) is 0 Å². The molecule has 0 aliphatic carbocycles. The second kappa shape index (κ2) is 11.8. The third-order valence-electron chi connectivity index (χ3n) is 5.54. The molecule has 0 radical (unpaired) electrons. The summed E-state index contributed by atoms with van der Waals surface area (Å²) >= 11 is 0. The number of ether oxygens (including phenoxy) is 3. The van der Waals surface area contributed by atoms with Crippen LogP contribution in [-0.2, 0) is 19.0 Å². The molecule has 4 atom stereocenters. The maximum Gasteiger partial charge on any atom is 0.340 e. The minimum atomic E-state index is -0.923. The van der Waals surface area contributed by atoms with Gasteiger partial charge < -0.3 is 29.4 Å². The van der Waals surface area contributed by atoms with Gasteiger partial charge in [-0.3, -0.25) is 0 Å². The number of para-hydroxylation sites is 1. The number of aliphatic hydroxyl groups is 1. The Morgan fingerprint density at radius 2 is 2.00 bits per heavy atom. The highest BCUT2D eigenvalue weighted by molar-refractivity contribution is 6.04. The zero-order chi connectivity index (χ0) is 22.9. The lowest BCUT2D eigenvalue weighted by Crippen LogP contribution is -2.48. The Kier molecular flexibility index (Phi) is 8.84. The summed E-state index contributed by atoms with van der Waals surface area (Å²) in [7, 11) is 0. The standard InChI is InChI=1S/C24H31NO7/c1-16-21(32-23(29)18-15-25-19-11-8-7-10-17(18)19)14-20(26)24(31-16)30-13-9-5-3-2-4-6-12-22(27)28/h6-8,10-12,15-16,20-21,24-26H,2-5,9,13-14H2,1H3,(H,27,28). The predicted octanol–water partition coefficient (Wildman–Crippen LogP) is 3.80. The van der Waals surface area contributed by atoms with E-state index in [1.54, 1.807) is 19.2 Å². The third-order valence-corrected chi connectivity index (χ3v) is 5.54. The Hall–Kier alpha value is -2.68. The SMILES string of the molecule is CC1OC(OCCCCCCC=CC(=O)O)C(O)CC1OC(=O)c1c[nH]c2ccccc12. The molecule has 3 rings (SSSR count). The Morgan fingerprint density at radius 3 is 2.81 bits per heavy atom. The molecular formula is C24H31NO7. The summed E-state index contributed by atoms with van der Waals surface area (Å²) in [6, 6.07) is 7.50. The van der Waals surface area contributed by atoms with E-state index in [0.29, 0.717) is 12.2 Å². The molecular weight excluding hydrogens is 414 g/mol. The fraction of sp³-hybridized carbons (Fsp3) is 0.500. The van der Waals surface area contributed by atoms with Crippen LogP contribution in [0.2, 0.25) is 0 Å². The van der Waals surface area contributed by atoms with E-state index in [1.165, 1.54) is 0 Å². The lowest BCUT2D eigenvalue weighted by atomic mass is 10.0. The number of esters is 1. The number of hydrogen-bond acceptors (Lipinski definition) is 6. The molecule has 0 spiro atoms. The Morgan fingerprint density at radius 1 is 1.22 bits per heavy atom. The Labute approximate surface area is 187 Å². The molecule has 0 bridgehead atoms. The van der Waals surface area contributed by atoms with Crippen molar-refractivity contribution in [2.45, 2.75) is 70.1 Å². The van der Waals surface area contributed by atoms with Crippen LogP contribution in [0.25, 0.3) is 10.9 Å². The topological polar surface area (TPSA) is 118 Å². The molecule has 1 aromatic heterocycles. The predicted molar refractivity (Wildman–Crippen MR) is 118 cm³/mol. The monoisotopic (exact) mass is 445 g/mol. The highest BCUT2D eigenvalue weighted by atomic mass is 16.7. The number of aliphatic hydroxyl groups excluding tert-OH is 1. The van der Waals surface area contributed by atoms with Crippen molar-refractivity contribution in [2.75, 3.05) is 6.61 Å². The number of carboxylic acid groups (broad SMARTS) is 1. The van der Waals surface area contributed by atoms with Crippen molar-refractivity contribution in [1.82, 2.24) is 4.98 Å². The van der Waals surface area contributed by atoms with Crippen LogP contribution < -0.4 is 0 Å². The molecule has 4 unspecified atom stereocenters. The molecule has 1 saturated heterocycles. The van der Waals surface area contributed by atoms with E-state index >= 15 is 0 Å². The van der Waals surface area contributed by atoms with E-state index in [9.17, 15) is 14.7 Å². The highest BCUT2D eigenvalue weighted by Crippen LogP contribution is 2.26. The Bertz CT molecular complexity index is 922. The maximum absolute atomic E-state index is 12.6. The van der Waals surface area contributed by atoms with E-state index in [4.69, 9.17) is 19.3 Å². The second-order valence-corrected chi connectivity index (χ2v) is 8.02. The van der Waals surface area contributed by atoms with Crippen molar-refractivity contribution in [3.05, 3.63) is 48.2 Å². The normalized spacial score (nSPS) is 23.6. The number of rotatable bonds is 11. The number of fused-ring (bicyclic) bond motifs is 1. The number of aromatic nitrogens is 1. The van der Waals surface area contributed by atoms with Crippen LogP contribution in [0.15, 0.2) is 42.6 Å². The minimum absolute atomic E-state index is 0.246. The Balaban J connectivity index is 1.37. The van der Waals surface area contributed by atoms with Gasteiger partial charge in [0.25, 0.3) is 0 Å². The number of benzene rings is 1. The van der Waals surface area contributed by atoms with Crippen LogP contribution in [0.4, 0.5) is 0 Å². The van der Waals surface area contributed by atoms with Crippen molar-refractivity contribution < 1.29 is 34.0 Å². The van der Waals surface area contributed by atoms with Crippen molar-refractivity contribution >= 4 is 22.8 Å². The van der Waals surface area contributed by atoms with Gasteiger partial charge in [-0.1, -0.05) is 37.1 Å². The van der Waals surface area contributed by atoms with Crippen molar-refractivity contribution in [1.29, 1.82) is 0 Å². The third kappa shape index (κ3) is 6.66. The maximum atomic E-state index is 12.6. The van der Waals surface area contributed by atoms with E-state index < -0.39 is 36.5 Å². The second-order valence-electron chi connectivity index (χ2n) is 8.02. The van der Waals surface area contributed by atoms with Gasteiger partial charge in [-0.25, -0.2) is 9.59 Å². The van der Waals surface area contributed by atoms with Crippen LogP contribution in [-0.4, -0.2) is 58.3 Å². The molecule has 1 aromatic carbocycles. The van der Waals surface area contributed by atoms with Gasteiger partial charge in [0.2, 0.25) is 0 Å². The number of carbonyl (C=O) groups excluding carboxylic acids is 1. The molecule has 3 N–H and O–H groups in total. The van der Waals surface area contributed by atoms with Crippen LogP contribution in [0.3, 0.4) is 0 Å². The first kappa shape index (κ1) is 24.0. The summed E-state index contributed by atoms with van der Waals surface area (Å²) in [4.78, 5) is 26.1. The number of carbonyl (C=O) groups is 2. The average molecular weight is 446 g/mol. The lowest BCUT2D eigenvalue weighted by molar-refractivity contribution is -0.260. The quantitative estimate of drug-likeness (QED) is 0.273. The van der Waals surface area contributed by atoms with Gasteiger partial charge in [0.05, 0.1) is 11.7 Å². The largest absolute Gasteiger partial charge is 0.478 e. The summed E-state index contributed by atoms with van der Waals surface area (Å²) in [6.45, 7) is 2.26. The fourth-order valence-corrected chi connectivity index (χ4v) is 3.77. The van der Waals surface area contributed by atoms with E-state index in [2.05, 4.69) is 4.98 Å². The molecule has 1 aliphatic heterocycles. The summed E-state index contributed by atoms with van der Waals surface area (Å²) in [5.74, 6) is -1.37. The van der Waals surface area contributed by atoms with Gasteiger partial charge in [-0.2, -0.15) is 0 Å². The first-order chi connectivity index (χ1) is 15.5. The molecule has 174 valence electrons. The number of unbranched alkanes of at least 4 members (excludes halogenated alkanes) is 4. The molecule has 8 heteroatoms. The number of aliphatic carboxylic acids is 1. The van der Waals surface area contributed by atoms with Crippen LogP contribution >= 0.6 is 0 Å². The number of nitrogens with one attached hydrogen (secondary N) is 1. The van der Waals surface area contributed by atoms with Crippen molar-refractivity contribution in [3.63, 3.8) is 0 Å². The molecule has 1 fully saturated rings. The molecule has 1 aliphatic rings. The number of aromatic amines is 1. The zero-order valence-corrected chi connectivity index (χ0v) is 18.2. The summed E-state index contributed by atoms with van der Waals surface area (Å²) in [5, 5.41) is 19.7. The van der Waals surface area contributed by atoms with E-state index in [1.807, 2.05) is 24.3 Å². The number of H-pyrrole nitrogens is 1. The van der Waals surface area contributed by atoms with Crippen LogP contribution in [0.5, 0.6) is 0 Å². The summed E-state index contributed by atoms with van der Waals surface area (Å²) < 4.78 is 17.1. The smallest absolute Gasteiger partial charge is 0.340 e.